The Morgan fingerprint density at radius 2 is 1.86 bits per heavy atom. The van der Waals surface area contributed by atoms with Gasteiger partial charge in [0, 0.05) is 29.5 Å². The molecule has 4 fully saturated rings. The lowest BCUT2D eigenvalue weighted by atomic mass is 9.51. The lowest BCUT2D eigenvalue weighted by molar-refractivity contribution is -0.314. The van der Waals surface area contributed by atoms with E-state index in [-0.39, 0.29) is 29.7 Å². The van der Waals surface area contributed by atoms with E-state index in [1.54, 1.807) is 0 Å². The number of aliphatic hydroxyl groups is 2. The molecule has 1 aromatic heterocycles. The minimum atomic E-state index is -1.49. The van der Waals surface area contributed by atoms with E-state index < -0.39 is 29.1 Å². The third kappa shape index (κ3) is 2.72. The zero-order valence-corrected chi connectivity index (χ0v) is 21.5. The van der Waals surface area contributed by atoms with Gasteiger partial charge in [0.25, 0.3) is 0 Å². The Balaban J connectivity index is 1.30. The van der Waals surface area contributed by atoms with Crippen molar-refractivity contribution < 1.29 is 19.3 Å². The number of aliphatic hydroxyl groups excluding tert-OH is 2. The number of hydrogen-bond acceptors (Lipinski definition) is 5. The van der Waals surface area contributed by atoms with Gasteiger partial charge in [-0.2, -0.15) is 0 Å². The average molecular weight is 493 g/mol. The summed E-state index contributed by atoms with van der Waals surface area (Å²) in [5.41, 5.74) is 0.392. The smallest absolute Gasteiger partial charge is 0.140 e. The van der Waals surface area contributed by atoms with Crippen LogP contribution in [0.4, 0.5) is 4.39 Å². The number of nitrogens with zero attached hydrogens (tertiary/aromatic N) is 2. The summed E-state index contributed by atoms with van der Waals surface area (Å²) < 4.78 is 24.4. The number of hydrogen-bond donors (Lipinski definition) is 2. The number of benzene rings is 1. The predicted molar refractivity (Wildman–Crippen MR) is 137 cm³/mol. The van der Waals surface area contributed by atoms with E-state index in [1.165, 1.54) is 11.1 Å². The van der Waals surface area contributed by atoms with Crippen LogP contribution in [0.25, 0.3) is 16.5 Å². The normalized spacial score (nSPS) is 47.4. The van der Waals surface area contributed by atoms with Crippen LogP contribution in [0.15, 0.2) is 42.6 Å². The number of fused-ring (bicyclic) bond motifs is 2. The molecule has 5 nitrogen and oxygen atoms in total. The van der Waals surface area contributed by atoms with Gasteiger partial charge in [-0.15, -0.1) is 0 Å². The molecule has 3 unspecified atom stereocenters. The quantitative estimate of drug-likeness (QED) is 0.646. The van der Waals surface area contributed by atoms with Crippen molar-refractivity contribution in [3.05, 3.63) is 48.2 Å². The fraction of sp³-hybridized carbons (Fsp3) is 0.633. The molecule has 3 heterocycles. The van der Waals surface area contributed by atoms with Crippen molar-refractivity contribution in [2.45, 2.75) is 87.0 Å². The average Bonchev–Trinajstić information content (AvgIpc) is 3.39. The third-order valence-electron chi connectivity index (χ3n) is 11.1. The molecule has 5 aliphatic rings. The Morgan fingerprint density at radius 3 is 2.67 bits per heavy atom. The Morgan fingerprint density at radius 1 is 1.03 bits per heavy atom. The lowest BCUT2D eigenvalue weighted by Gasteiger charge is -2.64. The van der Waals surface area contributed by atoms with Crippen LogP contribution in [0.1, 0.15) is 57.4 Å². The topological polar surface area (TPSA) is 65.8 Å². The van der Waals surface area contributed by atoms with E-state index in [0.29, 0.717) is 19.3 Å². The zero-order chi connectivity index (χ0) is 25.1. The molecule has 9 atom stereocenters. The van der Waals surface area contributed by atoms with Crippen LogP contribution in [0.5, 0.6) is 0 Å². The highest BCUT2D eigenvalue weighted by molar-refractivity contribution is 5.93. The summed E-state index contributed by atoms with van der Waals surface area (Å²) in [6.07, 6.45) is 6.65. The molecule has 2 bridgehead atoms. The fourth-order valence-corrected chi connectivity index (χ4v) is 9.32. The minimum absolute atomic E-state index is 0.0489. The Bertz CT molecular complexity index is 1260. The van der Waals surface area contributed by atoms with Crippen LogP contribution in [0.3, 0.4) is 0 Å². The maximum Gasteiger partial charge on any atom is 0.140 e. The third-order valence-corrected chi connectivity index (χ3v) is 11.1. The van der Waals surface area contributed by atoms with Crippen molar-refractivity contribution in [2.75, 3.05) is 14.1 Å². The van der Waals surface area contributed by atoms with Crippen LogP contribution in [-0.2, 0) is 4.74 Å². The molecule has 1 aromatic carbocycles. The van der Waals surface area contributed by atoms with Gasteiger partial charge in [0.05, 0.1) is 23.3 Å². The standard InChI is InChI=1S/C30H37FN2O3/c1-27-11-13-29(31)16-21-25(34)26(35)23(33(2)3)17-28(21)12-14-30(29,36-28)24(27)10-9-20(27)18-6-4-8-22-19(18)7-5-15-32-22/h4-9,15,21,23-26,34-35H,10-14,16-17H2,1-3H3/t21?,23-,24?,25+,26+,27+,28+,29?,30-/m0/s1. The van der Waals surface area contributed by atoms with Crippen LogP contribution in [-0.4, -0.2) is 69.3 Å². The van der Waals surface area contributed by atoms with Gasteiger partial charge >= 0.3 is 0 Å². The number of pyridine rings is 1. The Hall–Kier alpha value is -1.86. The van der Waals surface area contributed by atoms with Gasteiger partial charge in [-0.1, -0.05) is 31.2 Å². The van der Waals surface area contributed by atoms with Crippen LogP contribution >= 0.6 is 0 Å². The van der Waals surface area contributed by atoms with Crippen molar-refractivity contribution in [2.24, 2.45) is 17.3 Å². The summed E-state index contributed by atoms with van der Waals surface area (Å²) in [4.78, 5) is 6.56. The van der Waals surface area contributed by atoms with Gasteiger partial charge in [0.2, 0.25) is 0 Å². The summed E-state index contributed by atoms with van der Waals surface area (Å²) in [7, 11) is 3.88. The minimum Gasteiger partial charge on any atom is -0.390 e. The molecule has 2 aliphatic heterocycles. The maximum atomic E-state index is 17.3. The second-order valence-corrected chi connectivity index (χ2v) is 12.7. The first kappa shape index (κ1) is 23.3. The second kappa shape index (κ2) is 7.37. The number of allylic oxidation sites excluding steroid dienone is 2. The first-order chi connectivity index (χ1) is 17.1. The van der Waals surface area contributed by atoms with Crippen molar-refractivity contribution in [1.29, 1.82) is 0 Å². The van der Waals surface area contributed by atoms with Gasteiger partial charge in [-0.3, -0.25) is 4.98 Å². The number of alkyl halides is 1. The molecular formula is C30H37FN2O3. The van der Waals surface area contributed by atoms with Crippen LogP contribution < -0.4 is 0 Å². The molecule has 0 amide bonds. The monoisotopic (exact) mass is 492 g/mol. The first-order valence-corrected chi connectivity index (χ1v) is 13.6. The zero-order valence-electron chi connectivity index (χ0n) is 21.5. The summed E-state index contributed by atoms with van der Waals surface area (Å²) in [5, 5.41) is 23.3. The van der Waals surface area contributed by atoms with E-state index >= 15 is 4.39 Å². The molecule has 6 heteroatoms. The highest BCUT2D eigenvalue weighted by atomic mass is 19.1. The molecule has 7 rings (SSSR count). The molecule has 0 radical (unpaired) electrons. The maximum absolute atomic E-state index is 17.3. The van der Waals surface area contributed by atoms with E-state index in [2.05, 4.69) is 42.2 Å². The molecule has 192 valence electrons. The van der Waals surface area contributed by atoms with E-state index in [0.717, 1.165) is 30.2 Å². The summed E-state index contributed by atoms with van der Waals surface area (Å²) in [6.45, 7) is 2.32. The second-order valence-electron chi connectivity index (χ2n) is 12.7. The molecule has 36 heavy (non-hydrogen) atoms. The molecule has 2 saturated carbocycles. The SMILES string of the molecule is CN(C)[C@H]1C[C@@]23CC[C@]4(O2)C2CC=C(c5cccc6ncccc56)[C@@]2(C)CCC4(F)CC3[C@@H](O)[C@@H]1O. The van der Waals surface area contributed by atoms with E-state index in [9.17, 15) is 10.2 Å². The van der Waals surface area contributed by atoms with Gasteiger partial charge in [0.1, 0.15) is 11.3 Å². The van der Waals surface area contributed by atoms with Crippen molar-refractivity contribution in [3.8, 4) is 0 Å². The summed E-state index contributed by atoms with van der Waals surface area (Å²) >= 11 is 0. The number of ether oxygens (including phenoxy) is 1. The molecule has 2 aromatic rings. The highest BCUT2D eigenvalue weighted by Crippen LogP contribution is 2.73. The van der Waals surface area contributed by atoms with Gasteiger partial charge in [0.15, 0.2) is 0 Å². The number of aromatic nitrogens is 1. The molecule has 2 N–H and O–H groups in total. The number of halogens is 1. The van der Waals surface area contributed by atoms with E-state index in [1.807, 2.05) is 31.3 Å². The predicted octanol–water partition coefficient (Wildman–Crippen LogP) is 4.51. The van der Waals surface area contributed by atoms with Crippen LogP contribution in [0.2, 0.25) is 0 Å². The Kier molecular flexibility index (Phi) is 4.77. The lowest BCUT2D eigenvalue weighted by Crippen LogP contribution is -2.72. The Labute approximate surface area is 212 Å². The van der Waals surface area contributed by atoms with Crippen molar-refractivity contribution in [1.82, 2.24) is 9.88 Å². The molecule has 2 saturated heterocycles. The summed E-state index contributed by atoms with van der Waals surface area (Å²) in [6, 6.07) is 10.2. The highest BCUT2D eigenvalue weighted by Gasteiger charge is 2.77. The van der Waals surface area contributed by atoms with Gasteiger partial charge in [-0.25, -0.2) is 4.39 Å². The molecule has 3 aliphatic carbocycles. The largest absolute Gasteiger partial charge is 0.390 e. The summed E-state index contributed by atoms with van der Waals surface area (Å²) in [5.74, 6) is -0.320. The van der Waals surface area contributed by atoms with Crippen LogP contribution in [0, 0.1) is 17.3 Å². The molecule has 2 spiro atoms. The molecular weight excluding hydrogens is 455 g/mol. The van der Waals surface area contributed by atoms with Crippen molar-refractivity contribution >= 4 is 16.5 Å². The number of likely N-dealkylation sites (N-methyl/N-ethyl adjacent to an activating group) is 1. The number of rotatable bonds is 2. The van der Waals surface area contributed by atoms with Gasteiger partial charge < -0.3 is 19.8 Å². The fourth-order valence-electron chi connectivity index (χ4n) is 9.32. The van der Waals surface area contributed by atoms with E-state index in [4.69, 9.17) is 4.74 Å². The van der Waals surface area contributed by atoms with Gasteiger partial charge in [-0.05, 0) is 87.7 Å². The first-order valence-electron chi connectivity index (χ1n) is 13.6. The van der Waals surface area contributed by atoms with Crippen molar-refractivity contribution in [3.63, 3.8) is 0 Å².